The molecule has 2 rings (SSSR count). The molecule has 29 heavy (non-hydrogen) atoms. The summed E-state index contributed by atoms with van der Waals surface area (Å²) in [5.41, 5.74) is 5.12. The molecule has 1 saturated carbocycles. The Morgan fingerprint density at radius 2 is 1.59 bits per heavy atom. The van der Waals surface area contributed by atoms with E-state index >= 15 is 0 Å². The first kappa shape index (κ1) is 22.2. The van der Waals surface area contributed by atoms with E-state index in [1.807, 2.05) is 6.92 Å². The number of carboxylic acids is 1. The van der Waals surface area contributed by atoms with E-state index in [1.165, 1.54) is 0 Å². The van der Waals surface area contributed by atoms with Crippen molar-refractivity contribution in [3.8, 4) is 5.75 Å². The summed E-state index contributed by atoms with van der Waals surface area (Å²) in [7, 11) is 0. The summed E-state index contributed by atoms with van der Waals surface area (Å²) in [5.74, 6) is -3.07. The number of carboxylic acid groups (broad SMARTS) is 1. The third kappa shape index (κ3) is 7.10. The van der Waals surface area contributed by atoms with Crippen LogP contribution in [0.25, 0.3) is 0 Å². The summed E-state index contributed by atoms with van der Waals surface area (Å²) in [6.45, 7) is 2.43. The van der Waals surface area contributed by atoms with Crippen LogP contribution in [0.3, 0.4) is 0 Å². The van der Waals surface area contributed by atoms with E-state index in [-0.39, 0.29) is 18.7 Å². The van der Waals surface area contributed by atoms with Crippen LogP contribution in [0.2, 0.25) is 0 Å². The molecule has 0 bridgehead atoms. The lowest BCUT2D eigenvalue weighted by Crippen LogP contribution is -2.48. The Hall–Kier alpha value is -3.10. The summed E-state index contributed by atoms with van der Waals surface area (Å²) in [6.07, 6.45) is 2.31. The van der Waals surface area contributed by atoms with Crippen LogP contribution in [0, 0.1) is 11.8 Å². The standard InChI is InChI=1S/C20H27N3O6/c1-2-29-14-9-7-13(8-10-14)21-17(24)11-12-18(25)22-23-19(26)15-5-3-4-6-16(15)20(27)28/h7-10,15-16H,2-6,11-12H2,1H3,(H,21,24)(H,22,25)(H,23,26)(H,27,28)/t15-,16-/m0/s1. The molecule has 0 aliphatic heterocycles. The van der Waals surface area contributed by atoms with Crippen molar-refractivity contribution in [3.63, 3.8) is 0 Å². The highest BCUT2D eigenvalue weighted by Gasteiger charge is 2.35. The number of aliphatic carboxylic acids is 1. The van der Waals surface area contributed by atoms with Gasteiger partial charge in [0, 0.05) is 18.5 Å². The molecule has 0 unspecified atom stereocenters. The van der Waals surface area contributed by atoms with Gasteiger partial charge in [-0.05, 0) is 44.0 Å². The molecule has 1 aliphatic carbocycles. The average molecular weight is 405 g/mol. The van der Waals surface area contributed by atoms with Crippen molar-refractivity contribution in [2.45, 2.75) is 45.4 Å². The molecule has 1 aromatic rings. The Kier molecular flexibility index (Phi) is 8.45. The van der Waals surface area contributed by atoms with Crippen molar-refractivity contribution in [2.75, 3.05) is 11.9 Å². The number of rotatable bonds is 8. The summed E-state index contributed by atoms with van der Waals surface area (Å²) in [5, 5.41) is 11.9. The minimum absolute atomic E-state index is 0.0594. The minimum Gasteiger partial charge on any atom is -0.494 e. The van der Waals surface area contributed by atoms with Crippen molar-refractivity contribution in [2.24, 2.45) is 11.8 Å². The minimum atomic E-state index is -0.998. The summed E-state index contributed by atoms with van der Waals surface area (Å²) in [4.78, 5) is 47.3. The molecule has 4 N–H and O–H groups in total. The van der Waals surface area contributed by atoms with Gasteiger partial charge in [0.25, 0.3) is 0 Å². The van der Waals surface area contributed by atoms with Gasteiger partial charge in [-0.25, -0.2) is 0 Å². The Morgan fingerprint density at radius 1 is 0.966 bits per heavy atom. The number of carbonyl (C=O) groups excluding carboxylic acids is 3. The lowest BCUT2D eigenvalue weighted by molar-refractivity contribution is -0.149. The van der Waals surface area contributed by atoms with Gasteiger partial charge >= 0.3 is 5.97 Å². The highest BCUT2D eigenvalue weighted by Crippen LogP contribution is 2.30. The number of hydrogen-bond acceptors (Lipinski definition) is 5. The van der Waals surface area contributed by atoms with Gasteiger partial charge < -0.3 is 15.2 Å². The zero-order chi connectivity index (χ0) is 21.2. The van der Waals surface area contributed by atoms with Crippen LogP contribution in [0.4, 0.5) is 5.69 Å². The molecule has 1 fully saturated rings. The van der Waals surface area contributed by atoms with Crippen LogP contribution >= 0.6 is 0 Å². The number of ether oxygens (including phenoxy) is 1. The number of amides is 3. The van der Waals surface area contributed by atoms with Gasteiger partial charge in [0.2, 0.25) is 17.7 Å². The smallest absolute Gasteiger partial charge is 0.307 e. The fourth-order valence-electron chi connectivity index (χ4n) is 3.28. The van der Waals surface area contributed by atoms with Crippen LogP contribution < -0.4 is 20.9 Å². The van der Waals surface area contributed by atoms with Crippen LogP contribution in [0.15, 0.2) is 24.3 Å². The second-order valence-corrected chi connectivity index (χ2v) is 6.88. The summed E-state index contributed by atoms with van der Waals surface area (Å²) in [6, 6.07) is 6.87. The van der Waals surface area contributed by atoms with Crippen LogP contribution in [0.1, 0.15) is 45.4 Å². The number of nitrogens with one attached hydrogen (secondary N) is 3. The largest absolute Gasteiger partial charge is 0.494 e. The molecule has 3 amide bonds. The third-order valence-electron chi connectivity index (χ3n) is 4.77. The van der Waals surface area contributed by atoms with Crippen molar-refractivity contribution in [1.82, 2.24) is 10.9 Å². The van der Waals surface area contributed by atoms with Gasteiger partial charge in [-0.3, -0.25) is 30.0 Å². The Labute approximate surface area is 169 Å². The van der Waals surface area contributed by atoms with E-state index in [1.54, 1.807) is 24.3 Å². The molecule has 9 heteroatoms. The monoisotopic (exact) mass is 405 g/mol. The fourth-order valence-corrected chi connectivity index (χ4v) is 3.28. The maximum absolute atomic E-state index is 12.2. The molecular formula is C20H27N3O6. The Bertz CT molecular complexity index is 734. The second kappa shape index (κ2) is 11.0. The normalized spacial score (nSPS) is 18.4. The Balaban J connectivity index is 1.71. The van der Waals surface area contributed by atoms with E-state index < -0.39 is 29.6 Å². The average Bonchev–Trinajstić information content (AvgIpc) is 2.72. The molecule has 9 nitrogen and oxygen atoms in total. The van der Waals surface area contributed by atoms with Gasteiger partial charge in [-0.1, -0.05) is 12.8 Å². The SMILES string of the molecule is CCOc1ccc(NC(=O)CCC(=O)NNC(=O)[C@H]2CCCC[C@@H]2C(=O)O)cc1. The van der Waals surface area contributed by atoms with Crippen LogP contribution in [0.5, 0.6) is 5.75 Å². The summed E-state index contributed by atoms with van der Waals surface area (Å²) >= 11 is 0. The zero-order valence-electron chi connectivity index (χ0n) is 16.4. The number of benzene rings is 1. The fraction of sp³-hybridized carbons (Fsp3) is 0.500. The van der Waals surface area contributed by atoms with Crippen LogP contribution in [-0.4, -0.2) is 35.4 Å². The highest BCUT2D eigenvalue weighted by atomic mass is 16.5. The van der Waals surface area contributed by atoms with Crippen LogP contribution in [-0.2, 0) is 19.2 Å². The molecule has 0 aromatic heterocycles. The number of anilines is 1. The molecule has 0 spiro atoms. The summed E-state index contributed by atoms with van der Waals surface area (Å²) < 4.78 is 5.32. The Morgan fingerprint density at radius 3 is 2.21 bits per heavy atom. The number of hydrazine groups is 1. The van der Waals surface area contributed by atoms with E-state index in [2.05, 4.69) is 16.2 Å². The molecule has 0 radical (unpaired) electrons. The van der Waals surface area contributed by atoms with Crippen molar-refractivity contribution < 1.29 is 29.0 Å². The lowest BCUT2D eigenvalue weighted by atomic mass is 9.79. The van der Waals surface area contributed by atoms with E-state index in [4.69, 9.17) is 4.74 Å². The van der Waals surface area contributed by atoms with E-state index in [9.17, 15) is 24.3 Å². The molecule has 1 aromatic carbocycles. The van der Waals surface area contributed by atoms with Gasteiger partial charge in [-0.2, -0.15) is 0 Å². The first-order chi connectivity index (χ1) is 13.9. The molecule has 2 atom stereocenters. The van der Waals surface area contributed by atoms with Gasteiger partial charge in [0.15, 0.2) is 0 Å². The third-order valence-corrected chi connectivity index (χ3v) is 4.77. The van der Waals surface area contributed by atoms with E-state index in [0.29, 0.717) is 30.9 Å². The molecule has 158 valence electrons. The predicted octanol–water partition coefficient (Wildman–Crippen LogP) is 1.84. The molecule has 0 heterocycles. The van der Waals surface area contributed by atoms with E-state index in [0.717, 1.165) is 12.8 Å². The van der Waals surface area contributed by atoms with Crippen molar-refractivity contribution in [1.29, 1.82) is 0 Å². The van der Waals surface area contributed by atoms with Gasteiger partial charge in [0.05, 0.1) is 18.4 Å². The molecule has 0 saturated heterocycles. The second-order valence-electron chi connectivity index (χ2n) is 6.88. The van der Waals surface area contributed by atoms with Crippen molar-refractivity contribution >= 4 is 29.4 Å². The maximum Gasteiger partial charge on any atom is 0.307 e. The first-order valence-electron chi connectivity index (χ1n) is 9.75. The maximum atomic E-state index is 12.2. The van der Waals surface area contributed by atoms with Gasteiger partial charge in [-0.15, -0.1) is 0 Å². The quantitative estimate of drug-likeness (QED) is 0.488. The zero-order valence-corrected chi connectivity index (χ0v) is 16.4. The highest BCUT2D eigenvalue weighted by molar-refractivity contribution is 5.93. The van der Waals surface area contributed by atoms with Crippen molar-refractivity contribution in [3.05, 3.63) is 24.3 Å². The lowest BCUT2D eigenvalue weighted by Gasteiger charge is -2.27. The predicted molar refractivity (Wildman–Crippen MR) is 105 cm³/mol. The number of hydrogen-bond donors (Lipinski definition) is 4. The topological polar surface area (TPSA) is 134 Å². The molecular weight excluding hydrogens is 378 g/mol. The first-order valence-corrected chi connectivity index (χ1v) is 9.75. The molecule has 1 aliphatic rings. The van der Waals surface area contributed by atoms with Gasteiger partial charge in [0.1, 0.15) is 5.75 Å². The number of carbonyl (C=O) groups is 4.